The molecule has 0 fully saturated rings. The Morgan fingerprint density at radius 1 is 1.18 bits per heavy atom. The van der Waals surface area contributed by atoms with Gasteiger partial charge in [-0.15, -0.1) is 0 Å². The Morgan fingerprint density at radius 2 is 2.00 bits per heavy atom. The van der Waals surface area contributed by atoms with Gasteiger partial charge >= 0.3 is 0 Å². The van der Waals surface area contributed by atoms with Crippen molar-refractivity contribution in [2.75, 3.05) is 19.7 Å². The van der Waals surface area contributed by atoms with Gasteiger partial charge in [-0.3, -0.25) is 4.90 Å². The number of aliphatic hydroxyl groups is 1. The summed E-state index contributed by atoms with van der Waals surface area (Å²) in [5.74, 6) is 0.780. The minimum Gasteiger partial charge on any atom is -0.467 e. The second-order valence-corrected chi connectivity index (χ2v) is 5.47. The van der Waals surface area contributed by atoms with Crippen molar-refractivity contribution in [2.24, 2.45) is 0 Å². The summed E-state index contributed by atoms with van der Waals surface area (Å²) in [7, 11) is 0. The molecule has 1 aromatic carbocycles. The van der Waals surface area contributed by atoms with Gasteiger partial charge in [0.1, 0.15) is 12.4 Å². The molecule has 4 nitrogen and oxygen atoms in total. The average Bonchev–Trinajstić information content (AvgIpc) is 3.02. The normalized spacial score (nSPS) is 12.7. The summed E-state index contributed by atoms with van der Waals surface area (Å²) in [4.78, 5) is 2.26. The maximum absolute atomic E-state index is 10.2. The van der Waals surface area contributed by atoms with E-state index in [1.807, 2.05) is 30.3 Å². The molecule has 0 saturated carbocycles. The van der Waals surface area contributed by atoms with Crippen LogP contribution < -0.4 is 0 Å². The summed E-state index contributed by atoms with van der Waals surface area (Å²) in [6.45, 7) is 5.29. The first-order valence-electron chi connectivity index (χ1n) is 7.82. The van der Waals surface area contributed by atoms with E-state index in [1.54, 1.807) is 6.26 Å². The van der Waals surface area contributed by atoms with E-state index in [2.05, 4.69) is 24.0 Å². The Hall–Kier alpha value is -1.62. The Bertz CT molecular complexity index is 498. The van der Waals surface area contributed by atoms with Crippen molar-refractivity contribution in [1.82, 2.24) is 4.90 Å². The number of hydrogen-bond acceptors (Lipinski definition) is 4. The lowest BCUT2D eigenvalue weighted by molar-refractivity contribution is 0.00387. The van der Waals surface area contributed by atoms with Crippen molar-refractivity contribution in [3.63, 3.8) is 0 Å². The zero-order chi connectivity index (χ0) is 15.6. The summed E-state index contributed by atoms with van der Waals surface area (Å²) in [6, 6.07) is 14.0. The fraction of sp³-hybridized carbons (Fsp3) is 0.444. The van der Waals surface area contributed by atoms with Crippen LogP contribution in [-0.2, 0) is 17.9 Å². The molecule has 0 bridgehead atoms. The second-order valence-electron chi connectivity index (χ2n) is 5.47. The summed E-state index contributed by atoms with van der Waals surface area (Å²) in [5.41, 5.74) is 1.26. The van der Waals surface area contributed by atoms with Crippen LogP contribution in [0.2, 0.25) is 0 Å². The number of nitrogens with zero attached hydrogens (tertiary/aromatic N) is 1. The number of hydrogen-bond donors (Lipinski definition) is 1. The van der Waals surface area contributed by atoms with Gasteiger partial charge in [0.05, 0.1) is 19.0 Å². The van der Waals surface area contributed by atoms with E-state index in [0.717, 1.165) is 25.3 Å². The molecule has 0 amide bonds. The van der Waals surface area contributed by atoms with Crippen LogP contribution in [0.25, 0.3) is 0 Å². The molecule has 22 heavy (non-hydrogen) atoms. The molecule has 0 aliphatic carbocycles. The molecule has 1 atom stereocenters. The van der Waals surface area contributed by atoms with Crippen LogP contribution >= 0.6 is 0 Å². The first-order chi connectivity index (χ1) is 10.8. The van der Waals surface area contributed by atoms with E-state index < -0.39 is 6.10 Å². The van der Waals surface area contributed by atoms with E-state index in [4.69, 9.17) is 9.15 Å². The number of aliphatic hydroxyl groups excluding tert-OH is 1. The smallest absolute Gasteiger partial charge is 0.129 e. The van der Waals surface area contributed by atoms with E-state index in [9.17, 15) is 5.11 Å². The minimum atomic E-state index is -0.495. The van der Waals surface area contributed by atoms with Gasteiger partial charge in [-0.05, 0) is 30.7 Å². The van der Waals surface area contributed by atoms with Gasteiger partial charge in [-0.2, -0.15) is 0 Å². The molecule has 4 heteroatoms. The van der Waals surface area contributed by atoms with Crippen molar-refractivity contribution in [1.29, 1.82) is 0 Å². The third-order valence-electron chi connectivity index (χ3n) is 3.39. The van der Waals surface area contributed by atoms with E-state index >= 15 is 0 Å². The summed E-state index contributed by atoms with van der Waals surface area (Å²) in [6.07, 6.45) is 2.19. The monoisotopic (exact) mass is 303 g/mol. The molecular formula is C18H25NO3. The molecular weight excluding hydrogens is 278 g/mol. The molecule has 1 N–H and O–H groups in total. The highest BCUT2D eigenvalue weighted by molar-refractivity contribution is 5.14. The number of ether oxygens (including phenoxy) is 1. The Kier molecular flexibility index (Phi) is 7.16. The lowest BCUT2D eigenvalue weighted by atomic mass is 10.2. The van der Waals surface area contributed by atoms with Gasteiger partial charge in [0.2, 0.25) is 0 Å². The van der Waals surface area contributed by atoms with Gasteiger partial charge in [0, 0.05) is 13.1 Å². The highest BCUT2D eigenvalue weighted by Crippen LogP contribution is 2.07. The molecule has 2 aromatic rings. The average molecular weight is 303 g/mol. The predicted octanol–water partition coefficient (Wildman–Crippen LogP) is 3.07. The van der Waals surface area contributed by atoms with Crippen molar-refractivity contribution in [3.05, 3.63) is 60.1 Å². The van der Waals surface area contributed by atoms with Crippen LogP contribution in [0.15, 0.2) is 53.1 Å². The van der Waals surface area contributed by atoms with Crippen molar-refractivity contribution in [2.45, 2.75) is 32.6 Å². The van der Waals surface area contributed by atoms with Crippen LogP contribution in [0.3, 0.4) is 0 Å². The molecule has 2 rings (SSSR count). The fourth-order valence-corrected chi connectivity index (χ4v) is 2.43. The number of furan rings is 1. The molecule has 120 valence electrons. The Balaban J connectivity index is 1.74. The topological polar surface area (TPSA) is 45.8 Å². The third-order valence-corrected chi connectivity index (χ3v) is 3.39. The second kappa shape index (κ2) is 9.41. The van der Waals surface area contributed by atoms with Crippen LogP contribution in [-0.4, -0.2) is 35.8 Å². The van der Waals surface area contributed by atoms with E-state index in [0.29, 0.717) is 19.8 Å². The standard InChI is InChI=1S/C18H25NO3/c1-2-10-19(12-16-7-4-3-5-8-16)13-17(20)14-21-15-18-9-6-11-22-18/h3-9,11,17,20H,2,10,12-15H2,1H3/t17-/m1/s1. The van der Waals surface area contributed by atoms with Crippen LogP contribution in [0.5, 0.6) is 0 Å². The number of benzene rings is 1. The Morgan fingerprint density at radius 3 is 2.68 bits per heavy atom. The Labute approximate surface area is 132 Å². The van der Waals surface area contributed by atoms with Gasteiger partial charge in [-0.1, -0.05) is 37.3 Å². The minimum absolute atomic E-state index is 0.315. The molecule has 1 heterocycles. The fourth-order valence-electron chi connectivity index (χ4n) is 2.43. The zero-order valence-electron chi connectivity index (χ0n) is 13.1. The van der Waals surface area contributed by atoms with Crippen LogP contribution in [0.4, 0.5) is 0 Å². The lowest BCUT2D eigenvalue weighted by Crippen LogP contribution is -2.35. The molecule has 0 radical (unpaired) electrons. The van der Waals surface area contributed by atoms with Crippen molar-refractivity contribution in [3.8, 4) is 0 Å². The summed E-state index contributed by atoms with van der Waals surface area (Å²) >= 11 is 0. The molecule has 0 spiro atoms. The highest BCUT2D eigenvalue weighted by atomic mass is 16.5. The molecule has 0 saturated heterocycles. The third kappa shape index (κ3) is 6.02. The first-order valence-corrected chi connectivity index (χ1v) is 7.82. The summed E-state index contributed by atoms with van der Waals surface area (Å²) in [5, 5.41) is 10.2. The van der Waals surface area contributed by atoms with Gasteiger partial charge in [-0.25, -0.2) is 0 Å². The molecule has 0 aliphatic rings. The first kappa shape index (κ1) is 16.7. The summed E-state index contributed by atoms with van der Waals surface area (Å²) < 4.78 is 10.7. The zero-order valence-corrected chi connectivity index (χ0v) is 13.1. The van der Waals surface area contributed by atoms with Crippen molar-refractivity contribution < 1.29 is 14.3 Å². The lowest BCUT2D eigenvalue weighted by Gasteiger charge is -2.24. The largest absolute Gasteiger partial charge is 0.467 e. The van der Waals surface area contributed by atoms with E-state index in [1.165, 1.54) is 5.56 Å². The number of rotatable bonds is 10. The molecule has 0 aliphatic heterocycles. The molecule has 0 unspecified atom stereocenters. The van der Waals surface area contributed by atoms with Gasteiger partial charge in [0.15, 0.2) is 0 Å². The van der Waals surface area contributed by atoms with Gasteiger partial charge in [0.25, 0.3) is 0 Å². The highest BCUT2D eigenvalue weighted by Gasteiger charge is 2.12. The maximum atomic E-state index is 10.2. The van der Waals surface area contributed by atoms with E-state index in [-0.39, 0.29) is 0 Å². The predicted molar refractivity (Wildman–Crippen MR) is 86.4 cm³/mol. The molecule has 1 aromatic heterocycles. The SMILES string of the molecule is CCCN(Cc1ccccc1)C[C@@H](O)COCc1ccco1. The van der Waals surface area contributed by atoms with Crippen LogP contribution in [0, 0.1) is 0 Å². The van der Waals surface area contributed by atoms with Gasteiger partial charge < -0.3 is 14.3 Å². The van der Waals surface area contributed by atoms with Crippen molar-refractivity contribution >= 4 is 0 Å². The van der Waals surface area contributed by atoms with Crippen LogP contribution in [0.1, 0.15) is 24.7 Å². The maximum Gasteiger partial charge on any atom is 0.129 e. The quantitative estimate of drug-likeness (QED) is 0.733.